The van der Waals surface area contributed by atoms with Crippen LogP contribution in [-0.2, 0) is 16.0 Å². The second-order valence-electron chi connectivity index (χ2n) is 3.31. The maximum absolute atomic E-state index is 10.7. The van der Waals surface area contributed by atoms with Crippen LogP contribution < -0.4 is 5.32 Å². The van der Waals surface area contributed by atoms with Gasteiger partial charge in [0, 0.05) is 6.92 Å². The lowest BCUT2D eigenvalue weighted by atomic mass is 10.1. The van der Waals surface area contributed by atoms with E-state index in [1.165, 1.54) is 6.92 Å². The molecule has 0 saturated heterocycles. The van der Waals surface area contributed by atoms with Gasteiger partial charge >= 0.3 is 0 Å². The third-order valence-corrected chi connectivity index (χ3v) is 1.94. The summed E-state index contributed by atoms with van der Waals surface area (Å²) in [4.78, 5) is 21.4. The Labute approximate surface area is 87.9 Å². The standard InChI is InChI=1S/C11H13NO3/c1-8(14)12-10(7-13)6-9-2-4-11(15)5-3-9/h2-5,7,10,15H,6H2,1H3,(H,12,14)/t10-/m1/s1. The van der Waals surface area contributed by atoms with E-state index in [1.54, 1.807) is 24.3 Å². The summed E-state index contributed by atoms with van der Waals surface area (Å²) in [5.41, 5.74) is 0.888. The molecule has 0 saturated carbocycles. The fraction of sp³-hybridized carbons (Fsp3) is 0.273. The summed E-state index contributed by atoms with van der Waals surface area (Å²) in [5, 5.41) is 11.6. The Morgan fingerprint density at radius 3 is 2.53 bits per heavy atom. The molecule has 0 bridgehead atoms. The monoisotopic (exact) mass is 207 g/mol. The van der Waals surface area contributed by atoms with Crippen molar-refractivity contribution in [2.75, 3.05) is 0 Å². The maximum atomic E-state index is 10.7. The van der Waals surface area contributed by atoms with Gasteiger partial charge in [-0.25, -0.2) is 0 Å². The number of rotatable bonds is 4. The molecule has 2 N–H and O–H groups in total. The lowest BCUT2D eigenvalue weighted by Gasteiger charge is -2.10. The van der Waals surface area contributed by atoms with E-state index >= 15 is 0 Å². The predicted octanol–water partition coefficient (Wildman–Crippen LogP) is 0.638. The number of hydrogen-bond acceptors (Lipinski definition) is 3. The highest BCUT2D eigenvalue weighted by Gasteiger charge is 2.08. The van der Waals surface area contributed by atoms with Crippen molar-refractivity contribution in [3.8, 4) is 5.75 Å². The molecule has 1 atom stereocenters. The number of benzene rings is 1. The van der Waals surface area contributed by atoms with Crippen LogP contribution in [0.1, 0.15) is 12.5 Å². The van der Waals surface area contributed by atoms with Gasteiger partial charge in [0.15, 0.2) is 0 Å². The summed E-state index contributed by atoms with van der Waals surface area (Å²) >= 11 is 0. The Morgan fingerprint density at radius 1 is 1.47 bits per heavy atom. The van der Waals surface area contributed by atoms with Crippen molar-refractivity contribution in [1.82, 2.24) is 5.32 Å². The molecule has 4 nitrogen and oxygen atoms in total. The van der Waals surface area contributed by atoms with E-state index in [2.05, 4.69) is 5.32 Å². The van der Waals surface area contributed by atoms with Crippen molar-refractivity contribution in [3.63, 3.8) is 0 Å². The highest BCUT2D eigenvalue weighted by Crippen LogP contribution is 2.10. The number of phenols is 1. The summed E-state index contributed by atoms with van der Waals surface area (Å²) < 4.78 is 0. The van der Waals surface area contributed by atoms with E-state index in [1.807, 2.05) is 0 Å². The number of carbonyl (C=O) groups is 2. The second kappa shape index (κ2) is 5.14. The van der Waals surface area contributed by atoms with Crippen LogP contribution in [0.15, 0.2) is 24.3 Å². The first-order valence-electron chi connectivity index (χ1n) is 4.62. The van der Waals surface area contributed by atoms with Crippen LogP contribution in [0.2, 0.25) is 0 Å². The first kappa shape index (κ1) is 11.2. The van der Waals surface area contributed by atoms with Crippen LogP contribution in [0.5, 0.6) is 5.75 Å². The zero-order chi connectivity index (χ0) is 11.3. The smallest absolute Gasteiger partial charge is 0.217 e. The fourth-order valence-electron chi connectivity index (χ4n) is 1.28. The molecule has 1 amide bonds. The topological polar surface area (TPSA) is 66.4 Å². The lowest BCUT2D eigenvalue weighted by molar-refractivity contribution is -0.122. The molecule has 0 radical (unpaired) electrons. The minimum absolute atomic E-state index is 0.181. The van der Waals surface area contributed by atoms with Gasteiger partial charge in [0.05, 0.1) is 6.04 Å². The molecule has 15 heavy (non-hydrogen) atoms. The van der Waals surface area contributed by atoms with Crippen molar-refractivity contribution in [3.05, 3.63) is 29.8 Å². The van der Waals surface area contributed by atoms with Crippen LogP contribution in [-0.4, -0.2) is 23.3 Å². The predicted molar refractivity (Wildman–Crippen MR) is 55.5 cm³/mol. The number of phenolic OH excluding ortho intramolecular Hbond substituents is 1. The van der Waals surface area contributed by atoms with Crippen LogP contribution in [0, 0.1) is 0 Å². The average molecular weight is 207 g/mol. The van der Waals surface area contributed by atoms with E-state index in [-0.39, 0.29) is 11.7 Å². The summed E-state index contributed by atoms with van der Waals surface area (Å²) in [6.45, 7) is 1.37. The van der Waals surface area contributed by atoms with Gasteiger partial charge in [-0.15, -0.1) is 0 Å². The normalized spacial score (nSPS) is 11.8. The van der Waals surface area contributed by atoms with Gasteiger partial charge in [-0.2, -0.15) is 0 Å². The van der Waals surface area contributed by atoms with Crippen molar-refractivity contribution >= 4 is 12.2 Å². The van der Waals surface area contributed by atoms with E-state index < -0.39 is 6.04 Å². The summed E-state index contributed by atoms with van der Waals surface area (Å²) in [6.07, 6.45) is 1.14. The van der Waals surface area contributed by atoms with Crippen LogP contribution in [0.3, 0.4) is 0 Å². The number of nitrogens with one attached hydrogen (secondary N) is 1. The first-order valence-corrected chi connectivity index (χ1v) is 4.62. The zero-order valence-corrected chi connectivity index (χ0v) is 8.43. The molecule has 0 heterocycles. The number of carbonyl (C=O) groups excluding carboxylic acids is 2. The van der Waals surface area contributed by atoms with Crippen LogP contribution in [0.4, 0.5) is 0 Å². The van der Waals surface area contributed by atoms with Crippen molar-refractivity contribution < 1.29 is 14.7 Å². The second-order valence-corrected chi connectivity index (χ2v) is 3.31. The van der Waals surface area contributed by atoms with Crippen LogP contribution in [0.25, 0.3) is 0 Å². The molecule has 0 aromatic heterocycles. The minimum atomic E-state index is -0.507. The van der Waals surface area contributed by atoms with Gasteiger partial charge < -0.3 is 15.2 Å². The van der Waals surface area contributed by atoms with Gasteiger partial charge in [0.25, 0.3) is 0 Å². The Balaban J connectivity index is 2.62. The van der Waals surface area contributed by atoms with E-state index in [9.17, 15) is 9.59 Å². The van der Waals surface area contributed by atoms with Gasteiger partial charge in [-0.05, 0) is 24.1 Å². The molecule has 4 heteroatoms. The molecule has 1 aromatic rings. The Kier molecular flexibility index (Phi) is 3.85. The van der Waals surface area contributed by atoms with Crippen molar-refractivity contribution in [2.45, 2.75) is 19.4 Å². The molecule has 0 aliphatic carbocycles. The van der Waals surface area contributed by atoms with Crippen LogP contribution >= 0.6 is 0 Å². The Bertz CT molecular complexity index is 345. The summed E-state index contributed by atoms with van der Waals surface area (Å²) in [5.74, 6) is -0.0493. The molecule has 0 aliphatic heterocycles. The average Bonchev–Trinajstić information content (AvgIpc) is 2.19. The Morgan fingerprint density at radius 2 is 2.07 bits per heavy atom. The third kappa shape index (κ3) is 3.81. The summed E-state index contributed by atoms with van der Waals surface area (Å²) in [6, 6.07) is 6.02. The van der Waals surface area contributed by atoms with E-state index in [0.29, 0.717) is 12.7 Å². The SMILES string of the molecule is CC(=O)N[C@@H](C=O)Cc1ccc(O)cc1. The molecular formula is C11H13NO3. The third-order valence-electron chi connectivity index (χ3n) is 1.94. The minimum Gasteiger partial charge on any atom is -0.508 e. The molecule has 0 spiro atoms. The number of aldehydes is 1. The molecular weight excluding hydrogens is 194 g/mol. The molecule has 1 aromatic carbocycles. The van der Waals surface area contributed by atoms with Crippen molar-refractivity contribution in [2.24, 2.45) is 0 Å². The largest absolute Gasteiger partial charge is 0.508 e. The van der Waals surface area contributed by atoms with Crippen molar-refractivity contribution in [1.29, 1.82) is 0 Å². The Hall–Kier alpha value is -1.84. The highest BCUT2D eigenvalue weighted by molar-refractivity contribution is 5.77. The van der Waals surface area contributed by atoms with E-state index in [0.717, 1.165) is 5.56 Å². The fourth-order valence-corrected chi connectivity index (χ4v) is 1.28. The number of amides is 1. The highest BCUT2D eigenvalue weighted by atomic mass is 16.3. The lowest BCUT2D eigenvalue weighted by Crippen LogP contribution is -2.35. The van der Waals surface area contributed by atoms with Gasteiger partial charge in [-0.1, -0.05) is 12.1 Å². The zero-order valence-electron chi connectivity index (χ0n) is 8.43. The van der Waals surface area contributed by atoms with Gasteiger partial charge in [0.2, 0.25) is 5.91 Å². The maximum Gasteiger partial charge on any atom is 0.217 e. The molecule has 0 fully saturated rings. The number of hydrogen-bond donors (Lipinski definition) is 2. The van der Waals surface area contributed by atoms with E-state index in [4.69, 9.17) is 5.11 Å². The molecule has 80 valence electrons. The molecule has 0 unspecified atom stereocenters. The van der Waals surface area contributed by atoms with Gasteiger partial charge in [0.1, 0.15) is 12.0 Å². The summed E-state index contributed by atoms with van der Waals surface area (Å²) in [7, 11) is 0. The quantitative estimate of drug-likeness (QED) is 0.712. The van der Waals surface area contributed by atoms with Gasteiger partial charge in [-0.3, -0.25) is 4.79 Å². The first-order chi connectivity index (χ1) is 7.11. The number of aromatic hydroxyl groups is 1. The molecule has 0 aliphatic rings. The molecule has 1 rings (SSSR count).